The maximum absolute atomic E-state index is 12.1. The molecule has 0 aliphatic heterocycles. The molecule has 2 N–H and O–H groups in total. The van der Waals surface area contributed by atoms with Crippen LogP contribution >= 0.6 is 0 Å². The predicted molar refractivity (Wildman–Crippen MR) is 85.3 cm³/mol. The lowest BCUT2D eigenvalue weighted by atomic mass is 10.1. The molecular formula is C17H21N3O. The van der Waals surface area contributed by atoms with E-state index in [9.17, 15) is 4.79 Å². The van der Waals surface area contributed by atoms with Crippen molar-refractivity contribution in [3.05, 3.63) is 53.7 Å². The van der Waals surface area contributed by atoms with E-state index >= 15 is 0 Å². The van der Waals surface area contributed by atoms with Crippen LogP contribution in [-0.2, 0) is 0 Å². The van der Waals surface area contributed by atoms with Crippen molar-refractivity contribution in [2.75, 3.05) is 19.6 Å². The van der Waals surface area contributed by atoms with E-state index in [0.29, 0.717) is 12.1 Å². The van der Waals surface area contributed by atoms with Crippen LogP contribution in [0.5, 0.6) is 0 Å². The molecule has 1 aromatic heterocycles. The number of benzene rings is 1. The van der Waals surface area contributed by atoms with Crippen LogP contribution in [0.25, 0.3) is 11.3 Å². The fourth-order valence-corrected chi connectivity index (χ4v) is 2.11. The van der Waals surface area contributed by atoms with Crippen LogP contribution in [0.15, 0.2) is 42.5 Å². The second-order valence-corrected chi connectivity index (χ2v) is 4.80. The molecule has 0 spiro atoms. The summed E-state index contributed by atoms with van der Waals surface area (Å²) in [5.74, 6) is -0.0717. The van der Waals surface area contributed by atoms with E-state index in [2.05, 4.69) is 15.6 Å². The lowest BCUT2D eigenvalue weighted by molar-refractivity contribution is 0.0953. The highest BCUT2D eigenvalue weighted by molar-refractivity contribution is 5.95. The first-order valence-corrected chi connectivity index (χ1v) is 7.24. The van der Waals surface area contributed by atoms with Gasteiger partial charge in [-0.15, -0.1) is 0 Å². The van der Waals surface area contributed by atoms with Gasteiger partial charge < -0.3 is 10.6 Å². The third kappa shape index (κ3) is 4.13. The quantitative estimate of drug-likeness (QED) is 0.800. The van der Waals surface area contributed by atoms with E-state index in [1.165, 1.54) is 0 Å². The van der Waals surface area contributed by atoms with Gasteiger partial charge in [-0.05, 0) is 25.6 Å². The van der Waals surface area contributed by atoms with Gasteiger partial charge in [-0.25, -0.2) is 0 Å². The molecule has 0 saturated heterocycles. The minimum Gasteiger partial charge on any atom is -0.351 e. The SMILES string of the molecule is CCNCCNC(=O)c1ccc(-c2ccccc2)nc1C. The Balaban J connectivity index is 2.07. The van der Waals surface area contributed by atoms with E-state index in [-0.39, 0.29) is 5.91 Å². The molecular weight excluding hydrogens is 262 g/mol. The topological polar surface area (TPSA) is 54.0 Å². The molecule has 2 aromatic rings. The molecule has 1 heterocycles. The first-order chi connectivity index (χ1) is 10.2. The Morgan fingerprint density at radius 2 is 1.86 bits per heavy atom. The zero-order chi connectivity index (χ0) is 15.1. The first kappa shape index (κ1) is 15.2. The van der Waals surface area contributed by atoms with Gasteiger partial charge in [0.15, 0.2) is 0 Å². The molecule has 0 saturated carbocycles. The van der Waals surface area contributed by atoms with Crippen molar-refractivity contribution < 1.29 is 4.79 Å². The summed E-state index contributed by atoms with van der Waals surface area (Å²) in [6.45, 7) is 6.20. The van der Waals surface area contributed by atoms with Gasteiger partial charge in [-0.1, -0.05) is 37.3 Å². The number of hydrogen-bond acceptors (Lipinski definition) is 3. The number of hydrogen-bond donors (Lipinski definition) is 2. The first-order valence-electron chi connectivity index (χ1n) is 7.24. The second kappa shape index (κ2) is 7.55. The highest BCUT2D eigenvalue weighted by Gasteiger charge is 2.10. The molecule has 0 unspecified atom stereocenters. The monoisotopic (exact) mass is 283 g/mol. The fourth-order valence-electron chi connectivity index (χ4n) is 2.11. The number of carbonyl (C=O) groups is 1. The largest absolute Gasteiger partial charge is 0.351 e. The van der Waals surface area contributed by atoms with E-state index in [0.717, 1.165) is 30.0 Å². The highest BCUT2D eigenvalue weighted by Crippen LogP contribution is 2.18. The Morgan fingerprint density at radius 3 is 2.52 bits per heavy atom. The van der Waals surface area contributed by atoms with Crippen LogP contribution in [0.1, 0.15) is 23.0 Å². The summed E-state index contributed by atoms with van der Waals surface area (Å²) < 4.78 is 0. The van der Waals surface area contributed by atoms with Crippen molar-refractivity contribution >= 4 is 5.91 Å². The smallest absolute Gasteiger partial charge is 0.253 e. The van der Waals surface area contributed by atoms with E-state index in [1.807, 2.05) is 56.3 Å². The number of amides is 1. The Hall–Kier alpha value is -2.20. The number of aromatic nitrogens is 1. The van der Waals surface area contributed by atoms with Gasteiger partial charge in [0.25, 0.3) is 5.91 Å². The number of rotatable bonds is 6. The molecule has 4 nitrogen and oxygen atoms in total. The van der Waals surface area contributed by atoms with Crippen molar-refractivity contribution in [3.63, 3.8) is 0 Å². The van der Waals surface area contributed by atoms with Gasteiger partial charge in [0.1, 0.15) is 0 Å². The van der Waals surface area contributed by atoms with Gasteiger partial charge in [-0.2, -0.15) is 0 Å². The number of likely N-dealkylation sites (N-methyl/N-ethyl adjacent to an activating group) is 1. The van der Waals surface area contributed by atoms with E-state index < -0.39 is 0 Å². The van der Waals surface area contributed by atoms with E-state index in [4.69, 9.17) is 0 Å². The molecule has 0 fully saturated rings. The summed E-state index contributed by atoms with van der Waals surface area (Å²) in [5, 5.41) is 6.06. The molecule has 110 valence electrons. The van der Waals surface area contributed by atoms with Crippen molar-refractivity contribution in [1.29, 1.82) is 0 Å². The van der Waals surface area contributed by atoms with Crippen LogP contribution in [0.2, 0.25) is 0 Å². The van der Waals surface area contributed by atoms with Gasteiger partial charge in [-0.3, -0.25) is 9.78 Å². The van der Waals surface area contributed by atoms with Crippen LogP contribution in [0, 0.1) is 6.92 Å². The maximum atomic E-state index is 12.1. The van der Waals surface area contributed by atoms with Crippen molar-refractivity contribution in [3.8, 4) is 11.3 Å². The zero-order valence-corrected chi connectivity index (χ0v) is 12.5. The van der Waals surface area contributed by atoms with Crippen molar-refractivity contribution in [1.82, 2.24) is 15.6 Å². The molecule has 0 aliphatic carbocycles. The molecule has 4 heteroatoms. The average Bonchev–Trinajstić information content (AvgIpc) is 2.52. The number of pyridine rings is 1. The average molecular weight is 283 g/mol. The summed E-state index contributed by atoms with van der Waals surface area (Å²) in [6.07, 6.45) is 0. The van der Waals surface area contributed by atoms with Crippen molar-refractivity contribution in [2.24, 2.45) is 0 Å². The number of carbonyl (C=O) groups excluding carboxylic acids is 1. The van der Waals surface area contributed by atoms with Gasteiger partial charge >= 0.3 is 0 Å². The number of nitrogens with one attached hydrogen (secondary N) is 2. The highest BCUT2D eigenvalue weighted by atomic mass is 16.1. The predicted octanol–water partition coefficient (Wildman–Crippen LogP) is 2.40. The molecule has 0 aliphatic rings. The van der Waals surface area contributed by atoms with Crippen LogP contribution < -0.4 is 10.6 Å². The number of nitrogens with zero attached hydrogens (tertiary/aromatic N) is 1. The lowest BCUT2D eigenvalue weighted by Gasteiger charge is -2.09. The van der Waals surface area contributed by atoms with Crippen LogP contribution in [-0.4, -0.2) is 30.5 Å². The minimum absolute atomic E-state index is 0.0717. The van der Waals surface area contributed by atoms with Gasteiger partial charge in [0.05, 0.1) is 17.0 Å². The molecule has 2 rings (SSSR count). The maximum Gasteiger partial charge on any atom is 0.253 e. The zero-order valence-electron chi connectivity index (χ0n) is 12.5. The van der Waals surface area contributed by atoms with Gasteiger partial charge in [0, 0.05) is 18.7 Å². The lowest BCUT2D eigenvalue weighted by Crippen LogP contribution is -2.32. The molecule has 0 bridgehead atoms. The minimum atomic E-state index is -0.0717. The standard InChI is InChI=1S/C17H21N3O/c1-3-18-11-12-19-17(21)15-9-10-16(20-13(15)2)14-7-5-4-6-8-14/h4-10,18H,3,11-12H2,1-2H3,(H,19,21). The third-order valence-electron chi connectivity index (χ3n) is 3.24. The summed E-state index contributed by atoms with van der Waals surface area (Å²) >= 11 is 0. The van der Waals surface area contributed by atoms with Crippen molar-refractivity contribution in [2.45, 2.75) is 13.8 Å². The summed E-state index contributed by atoms with van der Waals surface area (Å²) in [5.41, 5.74) is 3.32. The second-order valence-electron chi connectivity index (χ2n) is 4.80. The summed E-state index contributed by atoms with van der Waals surface area (Å²) in [4.78, 5) is 16.6. The molecule has 0 radical (unpaired) electrons. The Kier molecular flexibility index (Phi) is 5.46. The third-order valence-corrected chi connectivity index (χ3v) is 3.24. The molecule has 1 amide bonds. The Labute approximate surface area is 125 Å². The number of aryl methyl sites for hydroxylation is 1. The van der Waals surface area contributed by atoms with E-state index in [1.54, 1.807) is 0 Å². The fraction of sp³-hybridized carbons (Fsp3) is 0.294. The van der Waals surface area contributed by atoms with Crippen LogP contribution in [0.3, 0.4) is 0 Å². The normalized spacial score (nSPS) is 10.4. The Bertz CT molecular complexity index is 596. The van der Waals surface area contributed by atoms with Gasteiger partial charge in [0.2, 0.25) is 0 Å². The summed E-state index contributed by atoms with van der Waals surface area (Å²) in [6, 6.07) is 13.7. The molecule has 1 aromatic carbocycles. The van der Waals surface area contributed by atoms with Crippen LogP contribution in [0.4, 0.5) is 0 Å². The summed E-state index contributed by atoms with van der Waals surface area (Å²) in [7, 11) is 0. The Morgan fingerprint density at radius 1 is 1.10 bits per heavy atom. The molecule has 0 atom stereocenters. The molecule has 21 heavy (non-hydrogen) atoms.